The molecular formula is C15H14ClN5O2S. The van der Waals surface area contributed by atoms with E-state index in [1.807, 2.05) is 23.6 Å². The molecule has 7 nitrogen and oxygen atoms in total. The van der Waals surface area contributed by atoms with Crippen molar-refractivity contribution in [2.75, 3.05) is 18.5 Å². The monoisotopic (exact) mass is 363 g/mol. The maximum Gasteiger partial charge on any atom is 0.277 e. The molecule has 3 aromatic rings. The Kier molecular flexibility index (Phi) is 3.97. The van der Waals surface area contributed by atoms with Crippen molar-refractivity contribution >= 4 is 44.6 Å². The van der Waals surface area contributed by atoms with E-state index in [1.54, 1.807) is 10.9 Å². The molecule has 0 bridgehead atoms. The summed E-state index contributed by atoms with van der Waals surface area (Å²) in [7, 11) is 0. The van der Waals surface area contributed by atoms with Gasteiger partial charge in [-0.05, 0) is 18.2 Å². The van der Waals surface area contributed by atoms with E-state index in [-0.39, 0.29) is 23.7 Å². The number of rotatable bonds is 3. The van der Waals surface area contributed by atoms with Crippen molar-refractivity contribution in [3.05, 3.63) is 40.5 Å². The van der Waals surface area contributed by atoms with Gasteiger partial charge in [-0.15, -0.1) is 16.4 Å². The van der Waals surface area contributed by atoms with Gasteiger partial charge in [0.1, 0.15) is 0 Å². The molecule has 9 heteroatoms. The Balaban J connectivity index is 1.52. The first-order valence-corrected chi connectivity index (χ1v) is 8.61. The zero-order chi connectivity index (χ0) is 16.7. The van der Waals surface area contributed by atoms with Crippen molar-refractivity contribution in [3.63, 3.8) is 0 Å². The van der Waals surface area contributed by atoms with E-state index in [4.69, 9.17) is 22.1 Å². The number of benzene rings is 1. The Hall–Kier alpha value is -2.00. The van der Waals surface area contributed by atoms with E-state index in [1.165, 1.54) is 11.3 Å². The molecule has 3 heterocycles. The molecule has 0 radical (unpaired) electrons. The summed E-state index contributed by atoms with van der Waals surface area (Å²) in [4.78, 5) is 12.4. The fraction of sp³-hybridized carbons (Fsp3) is 0.267. The lowest BCUT2D eigenvalue weighted by Crippen LogP contribution is -2.31. The van der Waals surface area contributed by atoms with Crippen molar-refractivity contribution < 1.29 is 9.53 Å². The summed E-state index contributed by atoms with van der Waals surface area (Å²) in [6, 6.07) is 5.34. The maximum atomic E-state index is 12.4. The quantitative estimate of drug-likeness (QED) is 0.744. The van der Waals surface area contributed by atoms with Crippen LogP contribution in [0.15, 0.2) is 29.8 Å². The smallest absolute Gasteiger partial charge is 0.277 e. The number of nitrogens with one attached hydrogen (secondary N) is 1. The number of ether oxygens (including phenoxy) is 1. The van der Waals surface area contributed by atoms with E-state index >= 15 is 0 Å². The van der Waals surface area contributed by atoms with Crippen molar-refractivity contribution in [3.8, 4) is 0 Å². The normalized spacial score (nSPS) is 20.6. The van der Waals surface area contributed by atoms with Crippen molar-refractivity contribution in [2.45, 2.75) is 12.1 Å². The highest BCUT2D eigenvalue weighted by atomic mass is 35.5. The number of hydrogen-bond donors (Lipinski definition) is 2. The molecule has 2 aromatic heterocycles. The maximum absolute atomic E-state index is 12.4. The molecule has 3 N–H and O–H groups in total. The first-order valence-electron chi connectivity index (χ1n) is 7.35. The second-order valence-corrected chi connectivity index (χ2v) is 6.92. The highest BCUT2D eigenvalue weighted by Crippen LogP contribution is 2.31. The molecule has 0 unspecified atom stereocenters. The number of aromatic nitrogens is 3. The zero-order valence-electron chi connectivity index (χ0n) is 12.5. The number of carbonyl (C=O) groups excluding carboxylic acids is 1. The lowest BCUT2D eigenvalue weighted by molar-refractivity contribution is 0.102. The van der Waals surface area contributed by atoms with Gasteiger partial charge in [-0.25, -0.2) is 4.68 Å². The molecule has 0 aliphatic carbocycles. The van der Waals surface area contributed by atoms with Crippen LogP contribution in [-0.2, 0) is 4.74 Å². The summed E-state index contributed by atoms with van der Waals surface area (Å²) in [5.41, 5.74) is 6.87. The fourth-order valence-corrected chi connectivity index (χ4v) is 3.86. The van der Waals surface area contributed by atoms with Gasteiger partial charge in [-0.1, -0.05) is 16.8 Å². The third-order valence-corrected chi connectivity index (χ3v) is 5.35. The predicted molar refractivity (Wildman–Crippen MR) is 92.6 cm³/mol. The fourth-order valence-electron chi connectivity index (χ4n) is 2.64. The van der Waals surface area contributed by atoms with Crippen LogP contribution in [0.25, 0.3) is 10.1 Å². The third-order valence-electron chi connectivity index (χ3n) is 3.96. The number of carbonyl (C=O) groups is 1. The van der Waals surface area contributed by atoms with Crippen molar-refractivity contribution in [1.29, 1.82) is 0 Å². The number of hydrogen-bond acceptors (Lipinski definition) is 6. The minimum atomic E-state index is -0.323. The second kappa shape index (κ2) is 6.14. The zero-order valence-corrected chi connectivity index (χ0v) is 14.0. The number of nitrogens with zero attached hydrogens (tertiary/aromatic N) is 3. The minimum absolute atomic E-state index is 0.0938. The van der Waals surface area contributed by atoms with Crippen molar-refractivity contribution in [2.24, 2.45) is 5.73 Å². The molecule has 1 fully saturated rings. The first kappa shape index (κ1) is 15.5. The highest BCUT2D eigenvalue weighted by Gasteiger charge is 2.28. The molecule has 1 amide bonds. The minimum Gasteiger partial charge on any atom is -0.377 e. The summed E-state index contributed by atoms with van der Waals surface area (Å²) < 4.78 is 7.91. The van der Waals surface area contributed by atoms with Crippen molar-refractivity contribution in [1.82, 2.24) is 15.0 Å². The Morgan fingerprint density at radius 3 is 3.12 bits per heavy atom. The summed E-state index contributed by atoms with van der Waals surface area (Å²) in [6.45, 7) is 0.955. The van der Waals surface area contributed by atoms with Gasteiger partial charge >= 0.3 is 0 Å². The average molecular weight is 364 g/mol. The van der Waals surface area contributed by atoms with E-state index in [2.05, 4.69) is 15.6 Å². The molecule has 0 saturated carbocycles. The summed E-state index contributed by atoms with van der Waals surface area (Å²) in [5.74, 6) is -0.323. The summed E-state index contributed by atoms with van der Waals surface area (Å²) in [6.07, 6.45) is 1.59. The van der Waals surface area contributed by atoms with E-state index < -0.39 is 0 Å². The van der Waals surface area contributed by atoms with Gasteiger partial charge in [0.15, 0.2) is 5.69 Å². The summed E-state index contributed by atoms with van der Waals surface area (Å²) >= 11 is 7.61. The van der Waals surface area contributed by atoms with Gasteiger partial charge in [0.05, 0.1) is 36.5 Å². The Morgan fingerprint density at radius 2 is 2.33 bits per heavy atom. The highest BCUT2D eigenvalue weighted by molar-refractivity contribution is 7.17. The molecule has 2 atom stereocenters. The first-order chi connectivity index (χ1) is 11.6. The van der Waals surface area contributed by atoms with Gasteiger partial charge in [-0.3, -0.25) is 4.79 Å². The van der Waals surface area contributed by atoms with Crippen LogP contribution in [0.2, 0.25) is 5.02 Å². The van der Waals surface area contributed by atoms with Gasteiger partial charge < -0.3 is 15.8 Å². The molecular weight excluding hydrogens is 350 g/mol. The number of halogens is 1. The molecule has 124 valence electrons. The van der Waals surface area contributed by atoms with E-state index in [9.17, 15) is 4.79 Å². The number of amides is 1. The Morgan fingerprint density at radius 1 is 1.46 bits per heavy atom. The van der Waals surface area contributed by atoms with Crippen LogP contribution in [0.3, 0.4) is 0 Å². The molecule has 24 heavy (non-hydrogen) atoms. The van der Waals surface area contributed by atoms with Gasteiger partial charge in [0, 0.05) is 21.2 Å². The van der Waals surface area contributed by atoms with Crippen LogP contribution in [0.5, 0.6) is 0 Å². The lowest BCUT2D eigenvalue weighted by atomic mass is 10.2. The largest absolute Gasteiger partial charge is 0.377 e. The van der Waals surface area contributed by atoms with Gasteiger partial charge in [-0.2, -0.15) is 0 Å². The topological polar surface area (TPSA) is 95.1 Å². The van der Waals surface area contributed by atoms with Gasteiger partial charge in [0.2, 0.25) is 0 Å². The van der Waals surface area contributed by atoms with E-state index in [0.29, 0.717) is 23.9 Å². The molecule has 1 aliphatic rings. The molecule has 1 aromatic carbocycles. The third kappa shape index (κ3) is 2.78. The number of fused-ring (bicyclic) bond motifs is 1. The molecule has 4 rings (SSSR count). The van der Waals surface area contributed by atoms with Crippen LogP contribution in [0.4, 0.5) is 5.69 Å². The van der Waals surface area contributed by atoms with Crippen LogP contribution in [-0.4, -0.2) is 40.2 Å². The Bertz CT molecular complexity index is 908. The number of thiophene rings is 1. The molecule has 1 saturated heterocycles. The van der Waals surface area contributed by atoms with Crippen LogP contribution in [0.1, 0.15) is 16.5 Å². The number of nitrogens with two attached hydrogens (primary N) is 1. The van der Waals surface area contributed by atoms with Crippen LogP contribution in [0, 0.1) is 0 Å². The average Bonchev–Trinajstić information content (AvgIpc) is 3.27. The second-order valence-electron chi connectivity index (χ2n) is 5.60. The standard InChI is InChI=1S/C15H14ClN5O2S/c16-10-7-24-14-3-8(1-2-9(10)14)18-15(22)12-4-21(20-19-12)13-6-23-5-11(13)17/h1-4,7,11,13H,5-6,17H2,(H,18,22)/t11-,13+/m1/s1. The van der Waals surface area contributed by atoms with E-state index in [0.717, 1.165) is 10.1 Å². The number of anilines is 1. The van der Waals surface area contributed by atoms with Gasteiger partial charge in [0.25, 0.3) is 5.91 Å². The lowest BCUT2D eigenvalue weighted by Gasteiger charge is -2.11. The van der Waals surface area contributed by atoms with Crippen LogP contribution >= 0.6 is 22.9 Å². The predicted octanol–water partition coefficient (Wildman–Crippen LogP) is 2.30. The van der Waals surface area contributed by atoms with Crippen LogP contribution < -0.4 is 11.1 Å². The molecule has 0 spiro atoms. The SMILES string of the molecule is N[C@@H]1COC[C@@H]1n1cc(C(=O)Nc2ccc3c(Cl)csc3c2)nn1. The Labute approximate surface area is 146 Å². The molecule has 1 aliphatic heterocycles. The summed E-state index contributed by atoms with van der Waals surface area (Å²) in [5, 5.41) is 14.3.